The molecule has 0 aromatic carbocycles. The molecule has 5 nitrogen and oxygen atoms in total. The van der Waals surface area contributed by atoms with E-state index in [-0.39, 0.29) is 23.7 Å². The van der Waals surface area contributed by atoms with Crippen LogP contribution in [-0.2, 0) is 14.3 Å². The molecule has 0 aliphatic carbocycles. The second-order valence-electron chi connectivity index (χ2n) is 4.43. The molecule has 1 saturated heterocycles. The Morgan fingerprint density at radius 1 is 1.56 bits per heavy atom. The first kappa shape index (κ1) is 13.0. The predicted octanol–water partition coefficient (Wildman–Crippen LogP) is -0.00720. The number of carbonyl (C=O) groups excluding carboxylic acids is 2. The fourth-order valence-electron chi connectivity index (χ4n) is 2.06. The molecule has 1 heterocycles. The van der Waals surface area contributed by atoms with E-state index in [4.69, 9.17) is 10.5 Å². The van der Waals surface area contributed by atoms with Crippen LogP contribution in [0.5, 0.6) is 0 Å². The summed E-state index contributed by atoms with van der Waals surface area (Å²) >= 11 is 0. The number of piperidine rings is 1. The van der Waals surface area contributed by atoms with Gasteiger partial charge in [-0.3, -0.25) is 9.59 Å². The summed E-state index contributed by atoms with van der Waals surface area (Å²) in [6.45, 7) is 4.03. The molecule has 16 heavy (non-hydrogen) atoms. The van der Waals surface area contributed by atoms with Crippen molar-refractivity contribution in [2.45, 2.75) is 19.8 Å². The molecule has 0 radical (unpaired) electrons. The van der Waals surface area contributed by atoms with Gasteiger partial charge in [0.1, 0.15) is 0 Å². The third-order valence-corrected chi connectivity index (χ3v) is 3.06. The van der Waals surface area contributed by atoms with Crippen molar-refractivity contribution in [3.05, 3.63) is 0 Å². The standard InChI is InChI=1S/C11H20N2O3/c1-8(10(12)14)6-13-5-3-4-9(7-13)11(15)16-2/h8-9H,3-7H2,1-2H3,(H2,12,14)/t8?,9-/m0/s1. The van der Waals surface area contributed by atoms with Gasteiger partial charge in [0.15, 0.2) is 0 Å². The number of hydrogen-bond acceptors (Lipinski definition) is 4. The van der Waals surface area contributed by atoms with E-state index in [2.05, 4.69) is 4.90 Å². The van der Waals surface area contributed by atoms with Crippen LogP contribution in [0.25, 0.3) is 0 Å². The summed E-state index contributed by atoms with van der Waals surface area (Å²) in [5.41, 5.74) is 5.22. The number of nitrogens with two attached hydrogens (primary N) is 1. The number of methoxy groups -OCH3 is 1. The average molecular weight is 228 g/mol. The SMILES string of the molecule is COC(=O)[C@H]1CCCN(CC(C)C(N)=O)C1. The van der Waals surface area contributed by atoms with Crippen LogP contribution in [0.1, 0.15) is 19.8 Å². The lowest BCUT2D eigenvalue weighted by atomic mass is 9.97. The minimum Gasteiger partial charge on any atom is -0.469 e. The van der Waals surface area contributed by atoms with Gasteiger partial charge in [-0.2, -0.15) is 0 Å². The number of nitrogens with zero attached hydrogens (tertiary/aromatic N) is 1. The Kier molecular flexibility index (Phi) is 4.73. The van der Waals surface area contributed by atoms with E-state index in [1.54, 1.807) is 0 Å². The molecule has 1 unspecified atom stereocenters. The van der Waals surface area contributed by atoms with E-state index in [0.29, 0.717) is 13.1 Å². The minimum absolute atomic E-state index is 0.0566. The summed E-state index contributed by atoms with van der Waals surface area (Å²) in [5, 5.41) is 0. The second-order valence-corrected chi connectivity index (χ2v) is 4.43. The van der Waals surface area contributed by atoms with Gasteiger partial charge in [0, 0.05) is 19.0 Å². The highest BCUT2D eigenvalue weighted by Gasteiger charge is 2.27. The Balaban J connectivity index is 2.44. The lowest BCUT2D eigenvalue weighted by molar-refractivity contribution is -0.147. The topological polar surface area (TPSA) is 72.6 Å². The van der Waals surface area contributed by atoms with Gasteiger partial charge in [-0.1, -0.05) is 6.92 Å². The van der Waals surface area contributed by atoms with Crippen LogP contribution >= 0.6 is 0 Å². The van der Waals surface area contributed by atoms with Crippen LogP contribution in [0.3, 0.4) is 0 Å². The first-order valence-corrected chi connectivity index (χ1v) is 5.64. The van der Waals surface area contributed by atoms with Crippen molar-refractivity contribution >= 4 is 11.9 Å². The maximum atomic E-state index is 11.4. The van der Waals surface area contributed by atoms with E-state index in [1.807, 2.05) is 6.92 Å². The molecule has 2 N–H and O–H groups in total. The van der Waals surface area contributed by atoms with Gasteiger partial charge in [-0.15, -0.1) is 0 Å². The quantitative estimate of drug-likeness (QED) is 0.687. The summed E-state index contributed by atoms with van der Waals surface area (Å²) in [7, 11) is 1.41. The summed E-state index contributed by atoms with van der Waals surface area (Å²) < 4.78 is 4.73. The van der Waals surface area contributed by atoms with Gasteiger partial charge in [-0.05, 0) is 19.4 Å². The van der Waals surface area contributed by atoms with E-state index in [0.717, 1.165) is 19.4 Å². The van der Waals surface area contributed by atoms with Gasteiger partial charge in [-0.25, -0.2) is 0 Å². The van der Waals surface area contributed by atoms with Crippen LogP contribution in [0.15, 0.2) is 0 Å². The second kappa shape index (κ2) is 5.84. The molecular weight excluding hydrogens is 208 g/mol. The van der Waals surface area contributed by atoms with Crippen molar-refractivity contribution in [1.82, 2.24) is 4.90 Å². The molecule has 0 aromatic heterocycles. The summed E-state index contributed by atoms with van der Waals surface area (Å²) in [4.78, 5) is 24.5. The monoisotopic (exact) mass is 228 g/mol. The predicted molar refractivity (Wildman–Crippen MR) is 59.5 cm³/mol. The Hall–Kier alpha value is -1.10. The molecule has 5 heteroatoms. The maximum Gasteiger partial charge on any atom is 0.309 e. The van der Waals surface area contributed by atoms with Crippen molar-refractivity contribution in [3.8, 4) is 0 Å². The van der Waals surface area contributed by atoms with Crippen LogP contribution in [-0.4, -0.2) is 43.5 Å². The third kappa shape index (κ3) is 3.48. The van der Waals surface area contributed by atoms with Crippen LogP contribution < -0.4 is 5.73 Å². The first-order valence-electron chi connectivity index (χ1n) is 5.64. The minimum atomic E-state index is -0.291. The molecule has 0 saturated carbocycles. The van der Waals surface area contributed by atoms with Crippen molar-refractivity contribution in [1.29, 1.82) is 0 Å². The largest absolute Gasteiger partial charge is 0.469 e. The molecule has 2 atom stereocenters. The molecular formula is C11H20N2O3. The average Bonchev–Trinajstić information content (AvgIpc) is 2.28. The van der Waals surface area contributed by atoms with Crippen molar-refractivity contribution in [2.24, 2.45) is 17.6 Å². The molecule has 1 amide bonds. The summed E-state index contributed by atoms with van der Waals surface area (Å²) in [6, 6.07) is 0. The zero-order chi connectivity index (χ0) is 12.1. The van der Waals surface area contributed by atoms with Crippen LogP contribution in [0.4, 0.5) is 0 Å². The van der Waals surface area contributed by atoms with Gasteiger partial charge in [0.25, 0.3) is 0 Å². The molecule has 0 bridgehead atoms. The summed E-state index contributed by atoms with van der Waals surface area (Å²) in [5.74, 6) is -0.674. The Labute approximate surface area is 95.9 Å². The number of ether oxygens (including phenoxy) is 1. The smallest absolute Gasteiger partial charge is 0.309 e. The zero-order valence-electron chi connectivity index (χ0n) is 9.94. The van der Waals surface area contributed by atoms with Crippen molar-refractivity contribution < 1.29 is 14.3 Å². The van der Waals surface area contributed by atoms with Gasteiger partial charge in [0.2, 0.25) is 5.91 Å². The van der Waals surface area contributed by atoms with Crippen LogP contribution in [0.2, 0.25) is 0 Å². The fourth-order valence-corrected chi connectivity index (χ4v) is 2.06. The van der Waals surface area contributed by atoms with Crippen molar-refractivity contribution in [3.63, 3.8) is 0 Å². The number of esters is 1. The number of rotatable bonds is 4. The molecule has 0 aromatic rings. The fraction of sp³-hybridized carbons (Fsp3) is 0.818. The zero-order valence-corrected chi connectivity index (χ0v) is 9.94. The third-order valence-electron chi connectivity index (χ3n) is 3.06. The number of carbonyl (C=O) groups is 2. The van der Waals surface area contributed by atoms with Crippen LogP contribution in [0, 0.1) is 11.8 Å². The number of likely N-dealkylation sites (tertiary alicyclic amines) is 1. The van der Waals surface area contributed by atoms with Gasteiger partial charge >= 0.3 is 5.97 Å². The van der Waals surface area contributed by atoms with E-state index < -0.39 is 0 Å². The molecule has 1 fully saturated rings. The Bertz CT molecular complexity index is 268. The lowest BCUT2D eigenvalue weighted by Crippen LogP contribution is -2.43. The highest BCUT2D eigenvalue weighted by atomic mass is 16.5. The normalized spacial score (nSPS) is 23.8. The van der Waals surface area contributed by atoms with Gasteiger partial charge in [0.05, 0.1) is 13.0 Å². The Morgan fingerprint density at radius 3 is 2.81 bits per heavy atom. The number of primary amides is 1. The van der Waals surface area contributed by atoms with E-state index in [9.17, 15) is 9.59 Å². The highest BCUT2D eigenvalue weighted by molar-refractivity contribution is 5.76. The van der Waals surface area contributed by atoms with E-state index in [1.165, 1.54) is 7.11 Å². The van der Waals surface area contributed by atoms with Gasteiger partial charge < -0.3 is 15.4 Å². The first-order chi connectivity index (χ1) is 7.54. The maximum absolute atomic E-state index is 11.4. The molecule has 1 aliphatic rings. The Morgan fingerprint density at radius 2 is 2.25 bits per heavy atom. The number of amides is 1. The highest BCUT2D eigenvalue weighted by Crippen LogP contribution is 2.18. The number of hydrogen-bond donors (Lipinski definition) is 1. The van der Waals surface area contributed by atoms with E-state index >= 15 is 0 Å². The molecule has 92 valence electrons. The molecule has 1 aliphatic heterocycles. The summed E-state index contributed by atoms with van der Waals surface area (Å²) in [6.07, 6.45) is 1.83. The van der Waals surface area contributed by atoms with Crippen molar-refractivity contribution in [2.75, 3.05) is 26.7 Å². The lowest BCUT2D eigenvalue weighted by Gasteiger charge is -2.32. The molecule has 0 spiro atoms. The molecule has 1 rings (SSSR count).